The van der Waals surface area contributed by atoms with Gasteiger partial charge in [-0.1, -0.05) is 109 Å². The molecule has 0 N–H and O–H groups in total. The van der Waals surface area contributed by atoms with Crippen LogP contribution in [-0.4, -0.2) is 193 Å². The van der Waals surface area contributed by atoms with Gasteiger partial charge in [-0.3, -0.25) is 4.90 Å². The Morgan fingerprint density at radius 3 is 0.811 bits per heavy atom. The summed E-state index contributed by atoms with van der Waals surface area (Å²) in [5.74, 6) is 0. The van der Waals surface area contributed by atoms with E-state index >= 15 is 0 Å². The van der Waals surface area contributed by atoms with Crippen LogP contribution in [0.3, 0.4) is 0 Å². The van der Waals surface area contributed by atoms with Gasteiger partial charge < -0.3 is 66.3 Å². The third kappa shape index (κ3) is 34.4. The average Bonchev–Trinajstić information content (AvgIpc) is 3.42. The number of rotatable bonds is 55. The number of hydrogen-bond acceptors (Lipinski definition) is 15. The second-order valence-corrected chi connectivity index (χ2v) is 16.9. The Balaban J connectivity index is 2.44. The summed E-state index contributed by atoms with van der Waals surface area (Å²) in [6, 6.07) is 20.4. The van der Waals surface area contributed by atoms with E-state index in [1.165, 1.54) is 0 Å². The molecule has 0 saturated carbocycles. The molecule has 414 valence electrons. The van der Waals surface area contributed by atoms with Gasteiger partial charge in [0.15, 0.2) is 0 Å². The second-order valence-electron chi connectivity index (χ2n) is 16.9. The van der Waals surface area contributed by atoms with Crippen LogP contribution in [0.25, 0.3) is 0 Å². The van der Waals surface area contributed by atoms with Crippen LogP contribution in [-0.2, 0) is 79.4 Å². The Morgan fingerprint density at radius 1 is 0.284 bits per heavy atom. The Hall–Kier alpha value is -4.24. The van der Waals surface area contributed by atoms with Crippen LogP contribution < -0.4 is 0 Å². The monoisotopic (exact) mass is 1040 g/mol. The molecule has 6 unspecified atom stereocenters. The smallest absolute Gasteiger partial charge is 0.105 e. The molecule has 0 aliphatic heterocycles. The van der Waals surface area contributed by atoms with Crippen molar-refractivity contribution in [2.24, 2.45) is 0 Å². The average molecular weight is 1040 g/mol. The third-order valence-electron chi connectivity index (χ3n) is 10.4. The zero-order valence-electron chi connectivity index (χ0n) is 44.2. The molecule has 0 heterocycles. The molecule has 2 aromatic carbocycles. The van der Waals surface area contributed by atoms with E-state index < -0.39 is 12.2 Å². The SMILES string of the molecule is C=CCOCC(COCC(COCC(COCC(COCC(COCC=C)OCC=C)OCC(COCC=C)OCC=C)N(Cc1ccccc1)Cc1ccccc1)OCC(COCC=C)OCC=C)OCC=C. The van der Waals surface area contributed by atoms with E-state index in [1.807, 2.05) is 36.4 Å². The summed E-state index contributed by atoms with van der Waals surface area (Å²) in [6.07, 6.45) is 11.1. The van der Waals surface area contributed by atoms with Gasteiger partial charge in [0.25, 0.3) is 0 Å². The van der Waals surface area contributed by atoms with E-state index in [-0.39, 0.29) is 96.5 Å². The predicted octanol–water partition coefficient (Wildman–Crippen LogP) is 7.99. The maximum absolute atomic E-state index is 6.66. The summed E-state index contributed by atoms with van der Waals surface area (Å²) >= 11 is 0. The fourth-order valence-electron chi connectivity index (χ4n) is 6.84. The van der Waals surface area contributed by atoms with E-state index in [0.29, 0.717) is 92.4 Å². The molecule has 0 spiro atoms. The first-order valence-electron chi connectivity index (χ1n) is 25.4. The van der Waals surface area contributed by atoms with Crippen molar-refractivity contribution in [3.8, 4) is 0 Å². The van der Waals surface area contributed by atoms with Crippen molar-refractivity contribution in [1.29, 1.82) is 0 Å². The highest BCUT2D eigenvalue weighted by molar-refractivity contribution is 5.17. The molecular weight excluding hydrogens is 947 g/mol. The fraction of sp³-hybridized carbons (Fsp3) is 0.525. The Bertz CT molecular complexity index is 1580. The summed E-state index contributed by atoms with van der Waals surface area (Å²) in [4.78, 5) is 2.37. The van der Waals surface area contributed by atoms with E-state index in [1.54, 1.807) is 48.6 Å². The number of benzene rings is 2. The molecule has 0 amide bonds. The van der Waals surface area contributed by atoms with Crippen molar-refractivity contribution in [3.05, 3.63) is 173 Å². The minimum Gasteiger partial charge on any atom is -0.377 e. The molecule has 0 bridgehead atoms. The van der Waals surface area contributed by atoms with Crippen LogP contribution in [0.15, 0.2) is 162 Å². The first-order chi connectivity index (χ1) is 36.4. The van der Waals surface area contributed by atoms with Crippen molar-refractivity contribution >= 4 is 0 Å². The van der Waals surface area contributed by atoms with E-state index in [0.717, 1.165) is 11.1 Å². The number of ether oxygens (including phenoxy) is 14. The highest BCUT2D eigenvalue weighted by atomic mass is 16.6. The largest absolute Gasteiger partial charge is 0.377 e. The van der Waals surface area contributed by atoms with Crippen LogP contribution in [0.4, 0.5) is 0 Å². The third-order valence-corrected chi connectivity index (χ3v) is 10.4. The summed E-state index contributed by atoms with van der Waals surface area (Å²) in [5.41, 5.74) is 2.28. The highest BCUT2D eigenvalue weighted by Gasteiger charge is 2.25. The van der Waals surface area contributed by atoms with Gasteiger partial charge in [-0.05, 0) is 11.1 Å². The summed E-state index contributed by atoms with van der Waals surface area (Å²) < 4.78 is 85.6. The summed E-state index contributed by atoms with van der Waals surface area (Å²) in [7, 11) is 0. The molecule has 2 rings (SSSR count). The Kier molecular flexibility index (Phi) is 42.0. The fourth-order valence-corrected chi connectivity index (χ4v) is 6.84. The lowest BCUT2D eigenvalue weighted by atomic mass is 10.1. The van der Waals surface area contributed by atoms with Crippen molar-refractivity contribution in [2.75, 3.05) is 145 Å². The zero-order valence-corrected chi connectivity index (χ0v) is 44.2. The van der Waals surface area contributed by atoms with E-state index in [2.05, 4.69) is 81.8 Å². The highest BCUT2D eigenvalue weighted by Crippen LogP contribution is 2.16. The molecular formula is C59H89NO14. The molecule has 0 aromatic heterocycles. The summed E-state index contributed by atoms with van der Waals surface area (Å²) in [5, 5.41) is 0. The standard InChI is InChI=1S/C59H89NO14/c1-9-27-61-39-54(69-31-13-5)43-67-47-56(73-49-58(71-33-15-7)41-63-29-11-3)45-65-37-53(60(35-51-23-19-17-20-24-51)36-52-25-21-18-22-26-52)38-66-46-57(74-50-59(72-34-16-8)42-64-30-12-4)48-68-44-55(70-32-14-6)40-62-28-10-2/h9-26,53-59H,1-8,27-50H2. The zero-order chi connectivity index (χ0) is 53.4. The van der Waals surface area contributed by atoms with Crippen LogP contribution in [0, 0.1) is 0 Å². The van der Waals surface area contributed by atoms with Crippen LogP contribution in [0.2, 0.25) is 0 Å². The second kappa shape index (κ2) is 47.2. The van der Waals surface area contributed by atoms with E-state index in [4.69, 9.17) is 66.3 Å². The minimum absolute atomic E-state index is 0.194. The lowest BCUT2D eigenvalue weighted by molar-refractivity contribution is -0.126. The molecule has 74 heavy (non-hydrogen) atoms. The first kappa shape index (κ1) is 65.9. The molecule has 15 heteroatoms. The van der Waals surface area contributed by atoms with Gasteiger partial charge in [0.05, 0.1) is 151 Å². The van der Waals surface area contributed by atoms with Crippen LogP contribution in [0.1, 0.15) is 11.1 Å². The molecule has 15 nitrogen and oxygen atoms in total. The van der Waals surface area contributed by atoms with Gasteiger partial charge in [-0.15, -0.1) is 52.6 Å². The molecule has 0 fully saturated rings. The molecule has 0 saturated heterocycles. The van der Waals surface area contributed by atoms with Gasteiger partial charge in [-0.2, -0.15) is 0 Å². The van der Waals surface area contributed by atoms with Gasteiger partial charge in [0.1, 0.15) is 36.6 Å². The minimum atomic E-state index is -0.500. The van der Waals surface area contributed by atoms with Crippen LogP contribution in [0.5, 0.6) is 0 Å². The Labute approximate surface area is 443 Å². The van der Waals surface area contributed by atoms with Crippen LogP contribution >= 0.6 is 0 Å². The van der Waals surface area contributed by atoms with E-state index in [9.17, 15) is 0 Å². The van der Waals surface area contributed by atoms with Gasteiger partial charge in [0, 0.05) is 13.1 Å². The van der Waals surface area contributed by atoms with Crippen molar-refractivity contribution in [1.82, 2.24) is 4.90 Å². The van der Waals surface area contributed by atoms with Crippen molar-refractivity contribution in [2.45, 2.75) is 55.8 Å². The lowest BCUT2D eigenvalue weighted by Crippen LogP contribution is -2.43. The molecule has 0 radical (unpaired) electrons. The van der Waals surface area contributed by atoms with Gasteiger partial charge in [0.2, 0.25) is 0 Å². The molecule has 0 aliphatic rings. The van der Waals surface area contributed by atoms with Crippen molar-refractivity contribution < 1.29 is 66.3 Å². The molecule has 2 aromatic rings. The van der Waals surface area contributed by atoms with Crippen molar-refractivity contribution in [3.63, 3.8) is 0 Å². The van der Waals surface area contributed by atoms with Gasteiger partial charge >= 0.3 is 0 Å². The quantitative estimate of drug-likeness (QED) is 0.0468. The predicted molar refractivity (Wildman–Crippen MR) is 292 cm³/mol. The molecule has 6 atom stereocenters. The Morgan fingerprint density at radius 2 is 0.527 bits per heavy atom. The maximum atomic E-state index is 6.66. The number of nitrogens with zero attached hydrogens (tertiary/aromatic N) is 1. The normalized spacial score (nSPS) is 14.3. The lowest BCUT2D eigenvalue weighted by Gasteiger charge is -2.33. The topological polar surface area (TPSA) is 132 Å². The number of hydrogen-bond donors (Lipinski definition) is 0. The molecule has 0 aliphatic carbocycles. The first-order valence-corrected chi connectivity index (χ1v) is 25.4. The van der Waals surface area contributed by atoms with Gasteiger partial charge in [-0.25, -0.2) is 0 Å². The maximum Gasteiger partial charge on any atom is 0.105 e. The summed E-state index contributed by atoms with van der Waals surface area (Å²) in [6.45, 7) is 37.9.